The largest absolute Gasteiger partial charge is 0.349 e. The number of hydrogen-bond acceptors (Lipinski definition) is 5. The lowest BCUT2D eigenvalue weighted by Crippen LogP contribution is -2.29. The van der Waals surface area contributed by atoms with Crippen molar-refractivity contribution >= 4 is 62.8 Å². The molecule has 2 heterocycles. The third kappa shape index (κ3) is 5.32. The third-order valence-corrected chi connectivity index (χ3v) is 6.18. The summed E-state index contributed by atoms with van der Waals surface area (Å²) in [5, 5.41) is 7.89. The van der Waals surface area contributed by atoms with E-state index >= 15 is 0 Å². The third-order valence-electron chi connectivity index (χ3n) is 3.93. The highest BCUT2D eigenvalue weighted by Gasteiger charge is 2.19. The lowest BCUT2D eigenvalue weighted by molar-refractivity contribution is -0.120. The molecule has 146 valence electrons. The molecule has 1 atom stereocenters. The molecule has 0 spiro atoms. The summed E-state index contributed by atoms with van der Waals surface area (Å²) in [7, 11) is 0. The van der Waals surface area contributed by atoms with E-state index in [1.54, 1.807) is 6.07 Å². The molecular weight excluding hydrogens is 437 g/mol. The van der Waals surface area contributed by atoms with E-state index in [1.165, 1.54) is 29.6 Å². The minimum atomic E-state index is -0.414. The van der Waals surface area contributed by atoms with Gasteiger partial charge in [-0.2, -0.15) is 0 Å². The predicted molar refractivity (Wildman–Crippen MR) is 116 cm³/mol. The zero-order valence-corrected chi connectivity index (χ0v) is 18.2. The number of rotatable bonds is 6. The van der Waals surface area contributed by atoms with Crippen molar-refractivity contribution in [2.24, 2.45) is 0 Å². The van der Waals surface area contributed by atoms with Gasteiger partial charge in [0.15, 0.2) is 5.13 Å². The van der Waals surface area contributed by atoms with E-state index in [9.17, 15) is 9.59 Å². The van der Waals surface area contributed by atoms with Crippen LogP contribution in [0.5, 0.6) is 0 Å². The van der Waals surface area contributed by atoms with Crippen LogP contribution in [-0.2, 0) is 9.59 Å². The molecule has 0 aliphatic rings. The van der Waals surface area contributed by atoms with Crippen LogP contribution in [0.3, 0.4) is 0 Å². The Morgan fingerprint density at radius 3 is 2.54 bits per heavy atom. The number of thiophene rings is 1. The molecule has 0 fully saturated rings. The fraction of sp³-hybridized carbons (Fsp3) is 0.211. The summed E-state index contributed by atoms with van der Waals surface area (Å²) in [4.78, 5) is 28.5. The molecular formula is C19H17Cl2N3O2S2. The van der Waals surface area contributed by atoms with E-state index in [0.29, 0.717) is 19.5 Å². The average molecular weight is 454 g/mol. The number of nitrogens with zero attached hydrogens (tertiary/aromatic N) is 1. The maximum absolute atomic E-state index is 12.5. The van der Waals surface area contributed by atoms with E-state index in [1.807, 2.05) is 36.6 Å². The first-order valence-electron chi connectivity index (χ1n) is 8.36. The Morgan fingerprint density at radius 2 is 1.93 bits per heavy atom. The van der Waals surface area contributed by atoms with E-state index in [4.69, 9.17) is 23.2 Å². The lowest BCUT2D eigenvalue weighted by atomic mass is 10.0. The molecule has 28 heavy (non-hydrogen) atoms. The smallest absolute Gasteiger partial charge is 0.228 e. The predicted octanol–water partition coefficient (Wildman–Crippen LogP) is 5.69. The maximum atomic E-state index is 12.5. The number of carbonyl (C=O) groups excluding carboxylic acids is 2. The minimum Gasteiger partial charge on any atom is -0.349 e. The molecule has 0 aliphatic carbocycles. The molecule has 1 unspecified atom stereocenters. The molecule has 2 amide bonds. The molecule has 3 aromatic rings. The normalized spacial score (nSPS) is 11.9. The van der Waals surface area contributed by atoms with Crippen molar-refractivity contribution in [3.8, 4) is 11.3 Å². The first-order chi connectivity index (χ1) is 13.3. The first kappa shape index (κ1) is 20.8. The number of thiazole rings is 1. The van der Waals surface area contributed by atoms with Gasteiger partial charge in [0.1, 0.15) is 4.34 Å². The Hall–Kier alpha value is -1.93. The van der Waals surface area contributed by atoms with Gasteiger partial charge >= 0.3 is 0 Å². The second-order valence-corrected chi connectivity index (χ2v) is 9.34. The molecule has 0 saturated carbocycles. The van der Waals surface area contributed by atoms with Crippen LogP contribution in [0.2, 0.25) is 8.67 Å². The zero-order chi connectivity index (χ0) is 20.3. The SMILES string of the molecule is CC(=O)NC(CC(=O)Nc1nc(-c2cc(Cl)sc2Cl)cs1)c1ccc(C)cc1. The minimum absolute atomic E-state index is 0.0998. The molecule has 0 bridgehead atoms. The molecule has 2 N–H and O–H groups in total. The van der Waals surface area contributed by atoms with Gasteiger partial charge in [0, 0.05) is 17.9 Å². The van der Waals surface area contributed by atoms with Gasteiger partial charge in [-0.1, -0.05) is 53.0 Å². The Balaban J connectivity index is 1.70. The molecule has 0 aliphatic heterocycles. The van der Waals surface area contributed by atoms with Gasteiger partial charge in [0.25, 0.3) is 0 Å². The van der Waals surface area contributed by atoms with Crippen molar-refractivity contribution in [2.75, 3.05) is 5.32 Å². The summed E-state index contributed by atoms with van der Waals surface area (Å²) in [5.74, 6) is -0.437. The number of aromatic nitrogens is 1. The molecule has 3 rings (SSSR count). The summed E-state index contributed by atoms with van der Waals surface area (Å²) in [6.45, 7) is 3.42. The Bertz CT molecular complexity index is 999. The maximum Gasteiger partial charge on any atom is 0.228 e. The summed E-state index contributed by atoms with van der Waals surface area (Å²) in [6, 6.07) is 9.05. The van der Waals surface area contributed by atoms with Crippen molar-refractivity contribution in [1.29, 1.82) is 0 Å². The summed E-state index contributed by atoms with van der Waals surface area (Å²) < 4.78 is 1.13. The van der Waals surface area contributed by atoms with Crippen LogP contribution in [0, 0.1) is 6.92 Å². The Labute approximate surface area is 180 Å². The monoisotopic (exact) mass is 453 g/mol. The summed E-state index contributed by atoms with van der Waals surface area (Å²) in [6.07, 6.45) is 0.0998. The van der Waals surface area contributed by atoms with Gasteiger partial charge in [0.2, 0.25) is 11.8 Å². The van der Waals surface area contributed by atoms with Crippen molar-refractivity contribution in [1.82, 2.24) is 10.3 Å². The number of aryl methyl sites for hydroxylation is 1. The summed E-state index contributed by atoms with van der Waals surface area (Å²) >= 11 is 14.7. The number of amides is 2. The Morgan fingerprint density at radius 1 is 1.21 bits per heavy atom. The molecule has 0 radical (unpaired) electrons. The van der Waals surface area contributed by atoms with Crippen LogP contribution >= 0.6 is 45.9 Å². The first-order valence-corrected chi connectivity index (χ1v) is 10.8. The molecule has 2 aromatic heterocycles. The van der Waals surface area contributed by atoms with Crippen molar-refractivity contribution in [3.63, 3.8) is 0 Å². The fourth-order valence-corrected chi connectivity index (χ4v) is 4.83. The van der Waals surface area contributed by atoms with E-state index in [2.05, 4.69) is 15.6 Å². The number of nitrogens with one attached hydrogen (secondary N) is 2. The van der Waals surface area contributed by atoms with Gasteiger partial charge in [-0.25, -0.2) is 4.98 Å². The molecule has 0 saturated heterocycles. The number of carbonyl (C=O) groups is 2. The van der Waals surface area contributed by atoms with Crippen molar-refractivity contribution in [2.45, 2.75) is 26.3 Å². The fourth-order valence-electron chi connectivity index (χ4n) is 2.62. The Kier molecular flexibility index (Phi) is 6.72. The highest BCUT2D eigenvalue weighted by Crippen LogP contribution is 2.39. The number of anilines is 1. The highest BCUT2D eigenvalue weighted by molar-refractivity contribution is 7.20. The molecule has 9 heteroatoms. The second kappa shape index (κ2) is 9.05. The highest BCUT2D eigenvalue weighted by atomic mass is 35.5. The summed E-state index contributed by atoms with van der Waals surface area (Å²) in [5.41, 5.74) is 3.38. The number of benzene rings is 1. The van der Waals surface area contributed by atoms with Gasteiger partial charge in [-0.15, -0.1) is 22.7 Å². The van der Waals surface area contributed by atoms with E-state index < -0.39 is 6.04 Å². The number of halogens is 2. The average Bonchev–Trinajstić information content (AvgIpc) is 3.20. The number of hydrogen-bond donors (Lipinski definition) is 2. The van der Waals surface area contributed by atoms with Crippen LogP contribution in [0.4, 0.5) is 5.13 Å². The van der Waals surface area contributed by atoms with E-state index in [0.717, 1.165) is 16.7 Å². The second-order valence-electron chi connectivity index (χ2n) is 6.19. The van der Waals surface area contributed by atoms with Crippen LogP contribution in [0.25, 0.3) is 11.3 Å². The van der Waals surface area contributed by atoms with Crippen molar-refractivity contribution in [3.05, 3.63) is 55.5 Å². The van der Waals surface area contributed by atoms with Crippen LogP contribution < -0.4 is 10.6 Å². The lowest BCUT2D eigenvalue weighted by Gasteiger charge is -2.18. The van der Waals surface area contributed by atoms with Gasteiger partial charge < -0.3 is 10.6 Å². The van der Waals surface area contributed by atoms with Crippen LogP contribution in [0.15, 0.2) is 35.7 Å². The van der Waals surface area contributed by atoms with Gasteiger partial charge in [0.05, 0.1) is 22.5 Å². The van der Waals surface area contributed by atoms with Gasteiger partial charge in [-0.3, -0.25) is 9.59 Å². The standard InChI is InChI=1S/C19H17Cl2N3O2S2/c1-10-3-5-12(6-4-10)14(22-11(2)25)8-17(26)24-19-23-15(9-27-19)13-7-16(20)28-18(13)21/h3-7,9,14H,8H2,1-2H3,(H,22,25)(H,23,24,26). The van der Waals surface area contributed by atoms with Crippen LogP contribution in [0.1, 0.15) is 30.5 Å². The van der Waals surface area contributed by atoms with Crippen molar-refractivity contribution < 1.29 is 9.59 Å². The van der Waals surface area contributed by atoms with E-state index in [-0.39, 0.29) is 18.2 Å². The zero-order valence-electron chi connectivity index (χ0n) is 15.1. The van der Waals surface area contributed by atoms with Crippen LogP contribution in [-0.4, -0.2) is 16.8 Å². The molecule has 5 nitrogen and oxygen atoms in total. The molecule has 1 aromatic carbocycles. The van der Waals surface area contributed by atoms with Gasteiger partial charge in [-0.05, 0) is 18.6 Å². The topological polar surface area (TPSA) is 71.1 Å². The quantitative estimate of drug-likeness (QED) is 0.503.